The number of nitrogens with zero attached hydrogens (tertiary/aromatic N) is 1. The van der Waals surface area contributed by atoms with Gasteiger partial charge in [-0.25, -0.2) is 13.1 Å². The topological polar surface area (TPSA) is 115 Å². The lowest BCUT2D eigenvalue weighted by Gasteiger charge is -2.02. The van der Waals surface area contributed by atoms with Crippen LogP contribution in [0.15, 0.2) is 27.8 Å². The second kappa shape index (κ2) is 5.87. The zero-order valence-corrected chi connectivity index (χ0v) is 12.6. The fourth-order valence-corrected chi connectivity index (χ4v) is 4.48. The number of nitrogens with one attached hydrogen (secondary N) is 1. The fourth-order valence-electron chi connectivity index (χ4n) is 1.48. The van der Waals surface area contributed by atoms with E-state index in [9.17, 15) is 18.5 Å². The molecule has 0 spiro atoms. The lowest BCUT2D eigenvalue weighted by atomic mass is 10.3. The van der Waals surface area contributed by atoms with Gasteiger partial charge in [-0.15, -0.1) is 11.3 Å². The molecule has 3 N–H and O–H groups in total. The average Bonchev–Trinajstić information content (AvgIpc) is 2.98. The molecule has 0 amide bonds. The van der Waals surface area contributed by atoms with E-state index < -0.39 is 14.9 Å². The summed E-state index contributed by atoms with van der Waals surface area (Å²) in [5, 5.41) is 12.4. The minimum atomic E-state index is -3.76. The SMILES string of the molecule is Nc1sc(S(=O)(=O)NCCc2cccs2)cc1[N+](=O)[O-]. The van der Waals surface area contributed by atoms with Gasteiger partial charge in [-0.1, -0.05) is 17.4 Å². The molecule has 0 saturated heterocycles. The first-order valence-electron chi connectivity index (χ1n) is 5.46. The second-order valence-corrected chi connectivity index (χ2v) is 7.91. The van der Waals surface area contributed by atoms with E-state index in [4.69, 9.17) is 5.73 Å². The summed E-state index contributed by atoms with van der Waals surface area (Å²) in [6.45, 7) is 0.231. The molecule has 0 saturated carbocycles. The molecule has 10 heteroatoms. The van der Waals surface area contributed by atoms with Crippen LogP contribution >= 0.6 is 22.7 Å². The van der Waals surface area contributed by atoms with Gasteiger partial charge >= 0.3 is 5.69 Å². The Morgan fingerprint density at radius 1 is 1.45 bits per heavy atom. The average molecular weight is 333 g/mol. The van der Waals surface area contributed by atoms with Gasteiger partial charge in [0, 0.05) is 17.5 Å². The van der Waals surface area contributed by atoms with Crippen molar-refractivity contribution in [2.24, 2.45) is 0 Å². The smallest absolute Gasteiger partial charge is 0.304 e. The van der Waals surface area contributed by atoms with Gasteiger partial charge in [0.2, 0.25) is 10.0 Å². The third kappa shape index (κ3) is 3.33. The van der Waals surface area contributed by atoms with E-state index in [1.165, 1.54) is 11.3 Å². The van der Waals surface area contributed by atoms with Crippen LogP contribution in [0.2, 0.25) is 0 Å². The molecule has 2 aromatic rings. The number of sulfonamides is 1. The normalized spacial score (nSPS) is 11.6. The fraction of sp³-hybridized carbons (Fsp3) is 0.200. The number of hydrogen-bond donors (Lipinski definition) is 2. The van der Waals surface area contributed by atoms with Crippen molar-refractivity contribution in [1.82, 2.24) is 4.72 Å². The highest BCUT2D eigenvalue weighted by Gasteiger charge is 2.24. The molecular formula is C10H11N3O4S3. The minimum absolute atomic E-state index is 0.117. The third-order valence-corrected chi connectivity index (χ3v) is 6.25. The summed E-state index contributed by atoms with van der Waals surface area (Å²) >= 11 is 2.22. The Morgan fingerprint density at radius 3 is 2.75 bits per heavy atom. The van der Waals surface area contributed by atoms with Crippen LogP contribution in [0.1, 0.15) is 4.88 Å². The van der Waals surface area contributed by atoms with Crippen LogP contribution in [0.25, 0.3) is 0 Å². The third-order valence-electron chi connectivity index (χ3n) is 2.42. The number of hydrogen-bond acceptors (Lipinski definition) is 7. The summed E-state index contributed by atoms with van der Waals surface area (Å²) in [7, 11) is -3.76. The maximum atomic E-state index is 12.0. The number of nitrogens with two attached hydrogens (primary N) is 1. The lowest BCUT2D eigenvalue weighted by Crippen LogP contribution is -2.25. The summed E-state index contributed by atoms with van der Waals surface area (Å²) in [4.78, 5) is 11.0. The molecule has 20 heavy (non-hydrogen) atoms. The van der Waals surface area contributed by atoms with Gasteiger partial charge in [-0.3, -0.25) is 10.1 Å². The second-order valence-electron chi connectivity index (χ2n) is 3.80. The molecule has 0 bridgehead atoms. The van der Waals surface area contributed by atoms with Gasteiger partial charge in [0.25, 0.3) is 0 Å². The first-order chi connectivity index (χ1) is 9.40. The van der Waals surface area contributed by atoms with Gasteiger partial charge in [0.05, 0.1) is 4.92 Å². The Hall–Kier alpha value is -1.49. The van der Waals surface area contributed by atoms with Crippen molar-refractivity contribution in [2.75, 3.05) is 12.3 Å². The van der Waals surface area contributed by atoms with Crippen LogP contribution in [0.4, 0.5) is 10.7 Å². The zero-order chi connectivity index (χ0) is 14.8. The molecule has 0 radical (unpaired) electrons. The Labute approximate surface area is 123 Å². The van der Waals surface area contributed by atoms with Crippen LogP contribution in [-0.4, -0.2) is 19.9 Å². The molecule has 108 valence electrons. The van der Waals surface area contributed by atoms with Crippen LogP contribution in [0.5, 0.6) is 0 Å². The maximum absolute atomic E-state index is 12.0. The summed E-state index contributed by atoms with van der Waals surface area (Å²) < 4.78 is 26.2. The summed E-state index contributed by atoms with van der Waals surface area (Å²) in [6.07, 6.45) is 0.569. The molecule has 2 heterocycles. The van der Waals surface area contributed by atoms with Crippen molar-refractivity contribution in [3.05, 3.63) is 38.6 Å². The monoisotopic (exact) mass is 333 g/mol. The van der Waals surface area contributed by atoms with E-state index in [1.54, 1.807) is 0 Å². The molecule has 7 nitrogen and oxygen atoms in total. The van der Waals surface area contributed by atoms with Crippen LogP contribution in [0.3, 0.4) is 0 Å². The van der Waals surface area contributed by atoms with Gasteiger partial charge in [-0.2, -0.15) is 0 Å². The molecule has 0 atom stereocenters. The van der Waals surface area contributed by atoms with Crippen LogP contribution in [0, 0.1) is 10.1 Å². The molecule has 2 rings (SSSR count). The Balaban J connectivity index is 2.06. The molecule has 0 aromatic carbocycles. The Bertz CT molecular complexity index is 706. The van der Waals surface area contributed by atoms with E-state index >= 15 is 0 Å². The Kier molecular flexibility index (Phi) is 4.38. The predicted octanol–water partition coefficient (Wildman–Crippen LogP) is 1.82. The van der Waals surface area contributed by atoms with E-state index in [0.29, 0.717) is 17.8 Å². The van der Waals surface area contributed by atoms with Crippen molar-refractivity contribution < 1.29 is 13.3 Å². The molecule has 0 unspecified atom stereocenters. The standard InChI is InChI=1S/C10H11N3O4S3/c11-10-8(13(14)15)6-9(19-10)20(16,17)12-4-3-7-2-1-5-18-7/h1-2,5-6,12H,3-4,11H2. The molecule has 0 aliphatic rings. The highest BCUT2D eigenvalue weighted by Crippen LogP contribution is 2.34. The largest absolute Gasteiger partial charge is 0.385 e. The van der Waals surface area contributed by atoms with E-state index in [1.807, 2.05) is 17.5 Å². The van der Waals surface area contributed by atoms with E-state index in [0.717, 1.165) is 10.9 Å². The van der Waals surface area contributed by atoms with Gasteiger partial charge in [0.1, 0.15) is 4.21 Å². The van der Waals surface area contributed by atoms with E-state index in [2.05, 4.69) is 4.72 Å². The van der Waals surface area contributed by atoms with E-state index in [-0.39, 0.29) is 21.4 Å². The molecule has 2 aromatic heterocycles. The molecule has 0 aliphatic heterocycles. The van der Waals surface area contributed by atoms with Gasteiger partial charge < -0.3 is 5.73 Å². The summed E-state index contributed by atoms with van der Waals surface area (Å²) in [5.41, 5.74) is 5.05. The number of rotatable bonds is 6. The summed E-state index contributed by atoms with van der Waals surface area (Å²) in [6, 6.07) is 4.78. The van der Waals surface area contributed by atoms with Crippen molar-refractivity contribution >= 4 is 43.4 Å². The minimum Gasteiger partial charge on any atom is -0.385 e. The van der Waals surface area contributed by atoms with Crippen molar-refractivity contribution in [1.29, 1.82) is 0 Å². The number of thiophene rings is 2. The van der Waals surface area contributed by atoms with Gasteiger partial charge in [0.15, 0.2) is 5.00 Å². The predicted molar refractivity (Wildman–Crippen MR) is 78.6 cm³/mol. The lowest BCUT2D eigenvalue weighted by molar-refractivity contribution is -0.383. The Morgan fingerprint density at radius 2 is 2.20 bits per heavy atom. The van der Waals surface area contributed by atoms with Gasteiger partial charge in [-0.05, 0) is 17.9 Å². The molecule has 0 fully saturated rings. The highest BCUT2D eigenvalue weighted by molar-refractivity contribution is 7.91. The molecular weight excluding hydrogens is 322 g/mol. The summed E-state index contributed by atoms with van der Waals surface area (Å²) in [5.74, 6) is 0. The van der Waals surface area contributed by atoms with Crippen molar-refractivity contribution in [3.63, 3.8) is 0 Å². The quantitative estimate of drug-likeness (QED) is 0.618. The maximum Gasteiger partial charge on any atom is 0.304 e. The number of nitrogen functional groups attached to an aromatic ring is 1. The highest BCUT2D eigenvalue weighted by atomic mass is 32.2. The van der Waals surface area contributed by atoms with Crippen LogP contribution < -0.4 is 10.5 Å². The molecule has 0 aliphatic carbocycles. The first kappa shape index (κ1) is 14.9. The van der Waals surface area contributed by atoms with Crippen molar-refractivity contribution in [3.8, 4) is 0 Å². The number of anilines is 1. The van der Waals surface area contributed by atoms with Crippen LogP contribution in [-0.2, 0) is 16.4 Å². The number of nitro groups is 1. The zero-order valence-electron chi connectivity index (χ0n) is 10.1. The first-order valence-corrected chi connectivity index (χ1v) is 8.64. The van der Waals surface area contributed by atoms with Crippen molar-refractivity contribution in [2.45, 2.75) is 10.6 Å².